The van der Waals surface area contributed by atoms with Gasteiger partial charge in [-0.2, -0.15) is 10.4 Å². The van der Waals surface area contributed by atoms with Crippen molar-refractivity contribution in [1.82, 2.24) is 9.78 Å². The molecule has 0 unspecified atom stereocenters. The van der Waals surface area contributed by atoms with Gasteiger partial charge in [-0.15, -0.1) is 11.3 Å². The summed E-state index contributed by atoms with van der Waals surface area (Å²) in [5.41, 5.74) is 2.30. The van der Waals surface area contributed by atoms with Crippen molar-refractivity contribution in [3.05, 3.63) is 59.6 Å². The van der Waals surface area contributed by atoms with E-state index in [1.807, 2.05) is 47.8 Å². The van der Waals surface area contributed by atoms with Gasteiger partial charge in [-0.3, -0.25) is 0 Å². The van der Waals surface area contributed by atoms with Crippen molar-refractivity contribution < 1.29 is 0 Å². The molecule has 0 amide bonds. The average molecular weight is 251 g/mol. The van der Waals surface area contributed by atoms with E-state index in [0.717, 1.165) is 16.3 Å². The van der Waals surface area contributed by atoms with Crippen LogP contribution in [0.4, 0.5) is 0 Å². The Hall–Kier alpha value is -2.38. The number of thiophene rings is 1. The number of rotatable bonds is 2. The standard InChI is InChI=1S/C14H9N3S/c15-9-11-10-17(12-5-2-1-3-6-12)16-14(11)13-7-4-8-18-13/h1-8,10H. The minimum absolute atomic E-state index is 0.598. The van der Waals surface area contributed by atoms with Gasteiger partial charge in [0.15, 0.2) is 0 Å². The first kappa shape index (κ1) is 10.8. The molecule has 18 heavy (non-hydrogen) atoms. The summed E-state index contributed by atoms with van der Waals surface area (Å²) in [6.07, 6.45) is 1.77. The lowest BCUT2D eigenvalue weighted by Gasteiger charge is -1.98. The van der Waals surface area contributed by atoms with Crippen molar-refractivity contribution in [3.63, 3.8) is 0 Å². The molecule has 0 N–H and O–H groups in total. The molecule has 0 atom stereocenters. The Labute approximate surface area is 109 Å². The van der Waals surface area contributed by atoms with Crippen molar-refractivity contribution in [2.45, 2.75) is 0 Å². The second-order valence-electron chi connectivity index (χ2n) is 3.76. The molecule has 0 aliphatic carbocycles. The van der Waals surface area contributed by atoms with E-state index >= 15 is 0 Å². The molecule has 3 nitrogen and oxygen atoms in total. The zero-order valence-corrected chi connectivity index (χ0v) is 10.3. The predicted octanol–water partition coefficient (Wildman–Crippen LogP) is 3.47. The maximum absolute atomic E-state index is 9.18. The van der Waals surface area contributed by atoms with E-state index in [1.54, 1.807) is 22.2 Å². The van der Waals surface area contributed by atoms with Gasteiger partial charge in [-0.05, 0) is 23.6 Å². The Morgan fingerprint density at radius 1 is 1.11 bits per heavy atom. The molecule has 0 aliphatic heterocycles. The Balaban J connectivity index is 2.13. The first-order chi connectivity index (χ1) is 8.88. The monoisotopic (exact) mass is 251 g/mol. The zero-order chi connectivity index (χ0) is 12.4. The van der Waals surface area contributed by atoms with E-state index in [-0.39, 0.29) is 0 Å². The van der Waals surface area contributed by atoms with Crippen LogP contribution in [0.3, 0.4) is 0 Å². The fourth-order valence-electron chi connectivity index (χ4n) is 1.76. The molecule has 0 radical (unpaired) electrons. The van der Waals surface area contributed by atoms with Gasteiger partial charge in [0.2, 0.25) is 0 Å². The van der Waals surface area contributed by atoms with E-state index in [9.17, 15) is 5.26 Å². The Morgan fingerprint density at radius 2 is 1.94 bits per heavy atom. The summed E-state index contributed by atoms with van der Waals surface area (Å²) in [5.74, 6) is 0. The smallest absolute Gasteiger partial charge is 0.120 e. The molecule has 3 aromatic rings. The van der Waals surface area contributed by atoms with Crippen LogP contribution in [0, 0.1) is 11.3 Å². The predicted molar refractivity (Wildman–Crippen MR) is 71.6 cm³/mol. The molecule has 0 saturated carbocycles. The summed E-state index contributed by atoms with van der Waals surface area (Å²) in [6, 6.07) is 15.9. The first-order valence-corrected chi connectivity index (χ1v) is 6.35. The average Bonchev–Trinajstić information content (AvgIpc) is 3.08. The number of aromatic nitrogens is 2. The first-order valence-electron chi connectivity index (χ1n) is 5.47. The van der Waals surface area contributed by atoms with Gasteiger partial charge in [-0.1, -0.05) is 24.3 Å². The summed E-state index contributed by atoms with van der Waals surface area (Å²) in [6.45, 7) is 0. The highest BCUT2D eigenvalue weighted by Crippen LogP contribution is 2.27. The summed E-state index contributed by atoms with van der Waals surface area (Å²) < 4.78 is 1.74. The Morgan fingerprint density at radius 3 is 2.61 bits per heavy atom. The van der Waals surface area contributed by atoms with Crippen LogP contribution in [0.15, 0.2) is 54.0 Å². The van der Waals surface area contributed by atoms with Crippen LogP contribution in [0.2, 0.25) is 0 Å². The van der Waals surface area contributed by atoms with Gasteiger partial charge >= 0.3 is 0 Å². The van der Waals surface area contributed by atoms with E-state index in [2.05, 4.69) is 11.2 Å². The summed E-state index contributed by atoms with van der Waals surface area (Å²) in [7, 11) is 0. The number of nitrogens with zero attached hydrogens (tertiary/aromatic N) is 3. The van der Waals surface area contributed by atoms with E-state index in [0.29, 0.717) is 5.56 Å². The minimum atomic E-state index is 0.598. The largest absolute Gasteiger partial charge is 0.239 e. The summed E-state index contributed by atoms with van der Waals surface area (Å²) >= 11 is 1.59. The highest BCUT2D eigenvalue weighted by molar-refractivity contribution is 7.13. The number of benzene rings is 1. The zero-order valence-electron chi connectivity index (χ0n) is 9.45. The maximum Gasteiger partial charge on any atom is 0.120 e. The number of para-hydroxylation sites is 1. The molecular formula is C14H9N3S. The highest BCUT2D eigenvalue weighted by Gasteiger charge is 2.12. The van der Waals surface area contributed by atoms with Crippen molar-refractivity contribution in [2.75, 3.05) is 0 Å². The molecular weight excluding hydrogens is 242 g/mol. The molecule has 0 saturated heterocycles. The maximum atomic E-state index is 9.18. The van der Waals surface area contributed by atoms with Crippen molar-refractivity contribution in [2.24, 2.45) is 0 Å². The third-order valence-corrected chi connectivity index (χ3v) is 3.49. The van der Waals surface area contributed by atoms with Crippen molar-refractivity contribution in [3.8, 4) is 22.3 Å². The topological polar surface area (TPSA) is 41.6 Å². The molecule has 2 aromatic heterocycles. The molecule has 0 aliphatic rings. The number of hydrogen-bond donors (Lipinski definition) is 0. The molecule has 86 valence electrons. The fourth-order valence-corrected chi connectivity index (χ4v) is 2.49. The Bertz CT molecular complexity index is 690. The summed E-state index contributed by atoms with van der Waals surface area (Å²) in [5, 5.41) is 15.7. The van der Waals surface area contributed by atoms with E-state index < -0.39 is 0 Å². The number of nitriles is 1. The normalized spacial score (nSPS) is 10.2. The van der Waals surface area contributed by atoms with Crippen LogP contribution in [0.1, 0.15) is 5.56 Å². The third kappa shape index (κ3) is 1.81. The SMILES string of the molecule is N#Cc1cn(-c2ccccc2)nc1-c1cccs1. The minimum Gasteiger partial charge on any atom is -0.239 e. The van der Waals surface area contributed by atoms with Gasteiger partial charge in [0, 0.05) is 6.20 Å². The molecule has 0 fully saturated rings. The van der Waals surface area contributed by atoms with Crippen LogP contribution in [-0.2, 0) is 0 Å². The third-order valence-electron chi connectivity index (χ3n) is 2.61. The molecule has 2 heterocycles. The molecule has 0 spiro atoms. The quantitative estimate of drug-likeness (QED) is 0.699. The van der Waals surface area contributed by atoms with E-state index in [4.69, 9.17) is 0 Å². The second-order valence-corrected chi connectivity index (χ2v) is 4.71. The second kappa shape index (κ2) is 4.47. The molecule has 4 heteroatoms. The van der Waals surface area contributed by atoms with Crippen LogP contribution in [0.25, 0.3) is 16.3 Å². The Kier molecular flexibility index (Phi) is 2.67. The number of hydrogen-bond acceptors (Lipinski definition) is 3. The van der Waals surface area contributed by atoms with Crippen molar-refractivity contribution >= 4 is 11.3 Å². The van der Waals surface area contributed by atoms with Gasteiger partial charge < -0.3 is 0 Å². The van der Waals surface area contributed by atoms with Crippen molar-refractivity contribution in [1.29, 1.82) is 5.26 Å². The van der Waals surface area contributed by atoms with Gasteiger partial charge in [0.1, 0.15) is 11.8 Å². The summed E-state index contributed by atoms with van der Waals surface area (Å²) in [4.78, 5) is 1.02. The van der Waals surface area contributed by atoms with Crippen LogP contribution >= 0.6 is 11.3 Å². The van der Waals surface area contributed by atoms with Gasteiger partial charge in [0.05, 0.1) is 16.1 Å². The van der Waals surface area contributed by atoms with Crippen LogP contribution in [0.5, 0.6) is 0 Å². The lowest BCUT2D eigenvalue weighted by molar-refractivity contribution is 0.885. The molecule has 3 rings (SSSR count). The van der Waals surface area contributed by atoms with Gasteiger partial charge in [0.25, 0.3) is 0 Å². The lowest BCUT2D eigenvalue weighted by atomic mass is 10.2. The van der Waals surface area contributed by atoms with Crippen LogP contribution in [-0.4, -0.2) is 9.78 Å². The van der Waals surface area contributed by atoms with Crippen LogP contribution < -0.4 is 0 Å². The molecule has 1 aromatic carbocycles. The lowest BCUT2D eigenvalue weighted by Crippen LogP contribution is -1.93. The van der Waals surface area contributed by atoms with Gasteiger partial charge in [-0.25, -0.2) is 4.68 Å². The molecule has 0 bridgehead atoms. The highest BCUT2D eigenvalue weighted by atomic mass is 32.1. The van der Waals surface area contributed by atoms with E-state index in [1.165, 1.54) is 0 Å². The fraction of sp³-hybridized carbons (Fsp3) is 0.